The summed E-state index contributed by atoms with van der Waals surface area (Å²) in [4.78, 5) is 12.6. The van der Waals surface area contributed by atoms with Crippen LogP contribution in [0.2, 0.25) is 0 Å². The van der Waals surface area contributed by atoms with Gasteiger partial charge in [-0.05, 0) is 62.2 Å². The largest absolute Gasteiger partial charge is 0.416 e. The number of imidazole rings is 1. The number of nitrogen functional groups attached to an aromatic ring is 1. The third kappa shape index (κ3) is 3.39. The van der Waals surface area contributed by atoms with Gasteiger partial charge >= 0.3 is 11.9 Å². The number of halogens is 3. The van der Waals surface area contributed by atoms with E-state index in [4.69, 9.17) is 5.73 Å². The molecule has 0 amide bonds. The van der Waals surface area contributed by atoms with Gasteiger partial charge in [-0.2, -0.15) is 18.3 Å². The van der Waals surface area contributed by atoms with Crippen molar-refractivity contribution >= 4 is 16.9 Å². The molecule has 0 atom stereocenters. The van der Waals surface area contributed by atoms with Gasteiger partial charge < -0.3 is 5.73 Å². The maximum Gasteiger partial charge on any atom is 0.416 e. The topological polar surface area (TPSA) is 81.6 Å². The Hall–Kier alpha value is -3.49. The monoisotopic (exact) mass is 429 g/mol. The fourth-order valence-electron chi connectivity index (χ4n) is 4.03. The number of nitrogens with two attached hydrogens (primary N) is 1. The van der Waals surface area contributed by atoms with Crippen molar-refractivity contribution in [1.82, 2.24) is 19.3 Å². The number of rotatable bonds is 4. The normalized spacial score (nSPS) is 12.1. The van der Waals surface area contributed by atoms with Crippen molar-refractivity contribution in [2.24, 2.45) is 0 Å². The van der Waals surface area contributed by atoms with E-state index < -0.39 is 11.7 Å². The zero-order valence-electron chi connectivity index (χ0n) is 17.3. The first-order valence-corrected chi connectivity index (χ1v) is 9.92. The van der Waals surface area contributed by atoms with Gasteiger partial charge in [-0.25, -0.2) is 4.79 Å². The number of hydrogen-bond acceptors (Lipinski definition) is 3. The molecule has 2 aromatic carbocycles. The number of nitrogens with one attached hydrogen (secondary N) is 1. The quantitative estimate of drug-likeness (QED) is 0.489. The zero-order chi connectivity index (χ0) is 22.5. The van der Waals surface area contributed by atoms with E-state index in [1.54, 1.807) is 28.2 Å². The van der Waals surface area contributed by atoms with Gasteiger partial charge in [0.15, 0.2) is 5.82 Å². The van der Waals surface area contributed by atoms with E-state index in [1.165, 1.54) is 0 Å². The molecule has 0 saturated carbocycles. The number of fused-ring (bicyclic) bond motifs is 1. The first-order chi connectivity index (χ1) is 14.7. The Kier molecular flexibility index (Phi) is 4.91. The van der Waals surface area contributed by atoms with Crippen molar-refractivity contribution in [3.63, 3.8) is 0 Å². The summed E-state index contributed by atoms with van der Waals surface area (Å²) >= 11 is 0. The molecule has 4 aromatic rings. The summed E-state index contributed by atoms with van der Waals surface area (Å²) in [5, 5.41) is 6.83. The molecule has 31 heavy (non-hydrogen) atoms. The highest BCUT2D eigenvalue weighted by Gasteiger charge is 2.31. The second-order valence-corrected chi connectivity index (χ2v) is 7.42. The molecule has 4 rings (SSSR count). The van der Waals surface area contributed by atoms with Crippen LogP contribution in [0.1, 0.15) is 25.0 Å². The molecule has 0 radical (unpaired) electrons. The maximum atomic E-state index is 13.3. The minimum absolute atomic E-state index is 0.106. The summed E-state index contributed by atoms with van der Waals surface area (Å²) in [6, 6.07) is 9.30. The molecule has 0 unspecified atom stereocenters. The first-order valence-electron chi connectivity index (χ1n) is 9.92. The third-order valence-electron chi connectivity index (χ3n) is 5.43. The molecule has 3 N–H and O–H groups in total. The summed E-state index contributed by atoms with van der Waals surface area (Å²) < 4.78 is 43.4. The van der Waals surface area contributed by atoms with Crippen LogP contribution < -0.4 is 11.4 Å². The fraction of sp³-hybridized carbons (Fsp3) is 0.273. The number of anilines is 1. The molecular weight excluding hydrogens is 407 g/mol. The van der Waals surface area contributed by atoms with Gasteiger partial charge in [-0.1, -0.05) is 6.07 Å². The summed E-state index contributed by atoms with van der Waals surface area (Å²) in [7, 11) is 0. The fourth-order valence-corrected chi connectivity index (χ4v) is 4.03. The second-order valence-electron chi connectivity index (χ2n) is 7.42. The molecular formula is C22H22F3N5O. The number of hydrogen-bond donors (Lipinski definition) is 2. The zero-order valence-corrected chi connectivity index (χ0v) is 17.3. The van der Waals surface area contributed by atoms with Crippen LogP contribution in [0.5, 0.6) is 0 Å². The molecule has 9 heteroatoms. The highest BCUT2D eigenvalue weighted by molar-refractivity contribution is 5.92. The number of H-pyrrole nitrogens is 1. The van der Waals surface area contributed by atoms with Gasteiger partial charge in [-0.3, -0.25) is 14.2 Å². The van der Waals surface area contributed by atoms with Crippen LogP contribution in [-0.4, -0.2) is 19.3 Å². The molecule has 0 bridgehead atoms. The van der Waals surface area contributed by atoms with E-state index in [1.807, 2.05) is 26.0 Å². The van der Waals surface area contributed by atoms with Crippen LogP contribution in [0.25, 0.3) is 33.4 Å². The summed E-state index contributed by atoms with van der Waals surface area (Å²) in [5.41, 5.74) is 9.16. The lowest BCUT2D eigenvalue weighted by atomic mass is 9.97. The SMILES string of the molecule is CCn1c(=O)n(CC)c2cc(-c3c(N)n[nH]c3-c3cc(C)cc(C(F)(F)F)c3)ccc21. The number of benzene rings is 2. The average Bonchev–Trinajstić information content (AvgIpc) is 3.22. The minimum Gasteiger partial charge on any atom is -0.382 e. The minimum atomic E-state index is -4.47. The Bertz CT molecular complexity index is 1340. The smallest absolute Gasteiger partial charge is 0.382 e. The Balaban J connectivity index is 1.95. The van der Waals surface area contributed by atoms with Crippen LogP contribution in [0.4, 0.5) is 19.0 Å². The number of alkyl halides is 3. The van der Waals surface area contributed by atoms with Crippen molar-refractivity contribution < 1.29 is 13.2 Å². The standard InChI is InChI=1S/C22H22F3N5O/c1-4-29-16-7-6-13(11-17(16)30(5-2)21(29)31)18-19(27-28-20(18)26)14-8-12(3)9-15(10-14)22(23,24)25/h6-11H,4-5H2,1-3H3,(H3,26,27,28). The highest BCUT2D eigenvalue weighted by atomic mass is 19.4. The van der Waals surface area contributed by atoms with E-state index in [-0.39, 0.29) is 11.5 Å². The van der Waals surface area contributed by atoms with Crippen LogP contribution in [0.3, 0.4) is 0 Å². The lowest BCUT2D eigenvalue weighted by Crippen LogP contribution is -2.22. The van der Waals surface area contributed by atoms with Crippen LogP contribution in [0, 0.1) is 6.92 Å². The van der Waals surface area contributed by atoms with Gasteiger partial charge in [0.05, 0.1) is 27.9 Å². The van der Waals surface area contributed by atoms with Gasteiger partial charge in [0.2, 0.25) is 0 Å². The third-order valence-corrected chi connectivity index (χ3v) is 5.43. The lowest BCUT2D eigenvalue weighted by molar-refractivity contribution is -0.137. The molecule has 0 aliphatic rings. The van der Waals surface area contributed by atoms with Crippen molar-refractivity contribution in [3.05, 3.63) is 58.0 Å². The lowest BCUT2D eigenvalue weighted by Gasteiger charge is -2.11. The number of nitrogens with zero attached hydrogens (tertiary/aromatic N) is 3. The predicted octanol–water partition coefficient (Wildman–Crippen LogP) is 4.81. The predicted molar refractivity (Wildman–Crippen MR) is 115 cm³/mol. The second kappa shape index (κ2) is 7.33. The van der Waals surface area contributed by atoms with Crippen LogP contribution in [0.15, 0.2) is 41.2 Å². The number of aromatic amines is 1. The molecule has 2 aromatic heterocycles. The molecule has 0 aliphatic carbocycles. The van der Waals surface area contributed by atoms with Gasteiger partial charge in [0, 0.05) is 18.7 Å². The maximum absolute atomic E-state index is 13.3. The van der Waals surface area contributed by atoms with Crippen LogP contribution >= 0.6 is 0 Å². The Morgan fingerprint density at radius 1 is 1.00 bits per heavy atom. The Morgan fingerprint density at radius 3 is 2.32 bits per heavy atom. The Labute approximate surface area is 176 Å². The van der Waals surface area contributed by atoms with E-state index in [0.717, 1.165) is 23.2 Å². The van der Waals surface area contributed by atoms with E-state index in [2.05, 4.69) is 10.2 Å². The van der Waals surface area contributed by atoms with Gasteiger partial charge in [-0.15, -0.1) is 0 Å². The Morgan fingerprint density at radius 2 is 1.68 bits per heavy atom. The molecule has 0 spiro atoms. The van der Waals surface area contributed by atoms with Gasteiger partial charge in [0.1, 0.15) is 0 Å². The number of aryl methyl sites for hydroxylation is 3. The van der Waals surface area contributed by atoms with Crippen molar-refractivity contribution in [3.8, 4) is 22.4 Å². The summed E-state index contributed by atoms with van der Waals surface area (Å²) in [6.07, 6.45) is -4.47. The highest BCUT2D eigenvalue weighted by Crippen LogP contribution is 2.39. The summed E-state index contributed by atoms with van der Waals surface area (Å²) in [5.74, 6) is 0.171. The number of aromatic nitrogens is 4. The van der Waals surface area contributed by atoms with E-state index in [9.17, 15) is 18.0 Å². The molecule has 0 saturated heterocycles. The average molecular weight is 429 g/mol. The van der Waals surface area contributed by atoms with Crippen molar-refractivity contribution in [2.75, 3.05) is 5.73 Å². The molecule has 162 valence electrons. The van der Waals surface area contributed by atoms with Crippen molar-refractivity contribution in [1.29, 1.82) is 0 Å². The van der Waals surface area contributed by atoms with E-state index in [0.29, 0.717) is 41.0 Å². The first kappa shape index (κ1) is 20.8. The molecule has 6 nitrogen and oxygen atoms in total. The van der Waals surface area contributed by atoms with Crippen LogP contribution in [-0.2, 0) is 19.3 Å². The molecule has 0 fully saturated rings. The van der Waals surface area contributed by atoms with Gasteiger partial charge in [0.25, 0.3) is 0 Å². The van der Waals surface area contributed by atoms with E-state index >= 15 is 0 Å². The molecule has 0 aliphatic heterocycles. The summed E-state index contributed by atoms with van der Waals surface area (Å²) in [6.45, 7) is 6.42. The molecule has 2 heterocycles. The van der Waals surface area contributed by atoms with Crippen molar-refractivity contribution in [2.45, 2.75) is 40.0 Å².